The quantitative estimate of drug-likeness (QED) is 0.477. The molecule has 2 aromatic rings. The zero-order valence-corrected chi connectivity index (χ0v) is 14.4. The summed E-state index contributed by atoms with van der Waals surface area (Å²) < 4.78 is 61.7. The van der Waals surface area contributed by atoms with Gasteiger partial charge in [-0.3, -0.25) is 0 Å². The standard InChI is InChI=1S/C8H8N2O5S3.Na/c1-9-17(11,12)8-6-3-2-5(18(13,14)15)4-7(6)10-16-8;/h2-4,9H,1H3,(H,13,14,15);/q;+1/p-1. The van der Waals surface area contributed by atoms with Gasteiger partial charge >= 0.3 is 29.6 Å². The van der Waals surface area contributed by atoms with E-state index in [-0.39, 0.29) is 44.7 Å². The minimum Gasteiger partial charge on any atom is -0.744 e. The number of nitrogens with zero attached hydrogens (tertiary/aromatic N) is 1. The van der Waals surface area contributed by atoms with Crippen molar-refractivity contribution < 1.29 is 50.9 Å². The van der Waals surface area contributed by atoms with Crippen molar-refractivity contribution in [2.75, 3.05) is 7.05 Å². The van der Waals surface area contributed by atoms with E-state index in [1.54, 1.807) is 0 Å². The molecule has 0 atom stereocenters. The molecule has 0 saturated carbocycles. The third-order valence-electron chi connectivity index (χ3n) is 2.22. The second-order valence-electron chi connectivity index (χ2n) is 3.31. The topological polar surface area (TPSA) is 116 Å². The van der Waals surface area contributed by atoms with Crippen LogP contribution in [0, 0.1) is 0 Å². The smallest absolute Gasteiger partial charge is 0.744 e. The first-order chi connectivity index (χ1) is 8.25. The van der Waals surface area contributed by atoms with Crippen LogP contribution in [0.4, 0.5) is 0 Å². The number of nitrogens with one attached hydrogen (secondary N) is 1. The SMILES string of the molecule is CNS(=O)(=O)c1snc2cc(S(=O)(=O)[O-])ccc12.[Na+]. The van der Waals surface area contributed by atoms with Crippen molar-refractivity contribution >= 4 is 42.6 Å². The van der Waals surface area contributed by atoms with Gasteiger partial charge in [0, 0.05) is 5.39 Å². The molecule has 1 N–H and O–H groups in total. The molecule has 11 heteroatoms. The van der Waals surface area contributed by atoms with Gasteiger partial charge < -0.3 is 4.55 Å². The Hall–Kier alpha value is -0.0700. The van der Waals surface area contributed by atoms with Crippen LogP contribution in [0.15, 0.2) is 27.3 Å². The molecular formula is C8H7N2NaO5S3. The van der Waals surface area contributed by atoms with Gasteiger partial charge in [-0.1, -0.05) is 0 Å². The third-order valence-corrected chi connectivity index (χ3v) is 5.85. The molecule has 19 heavy (non-hydrogen) atoms. The van der Waals surface area contributed by atoms with Gasteiger partial charge in [-0.05, 0) is 36.8 Å². The van der Waals surface area contributed by atoms with E-state index in [4.69, 9.17) is 0 Å². The van der Waals surface area contributed by atoms with Gasteiger partial charge in [-0.25, -0.2) is 21.6 Å². The van der Waals surface area contributed by atoms with Crippen molar-refractivity contribution in [3.05, 3.63) is 18.2 Å². The number of aromatic nitrogens is 1. The Bertz CT molecular complexity index is 812. The van der Waals surface area contributed by atoms with Crippen LogP contribution in [-0.4, -0.2) is 32.8 Å². The molecule has 1 aromatic carbocycles. The molecule has 0 radical (unpaired) electrons. The average Bonchev–Trinajstić information content (AvgIpc) is 2.71. The summed E-state index contributed by atoms with van der Waals surface area (Å²) in [4.78, 5) is -0.436. The van der Waals surface area contributed by atoms with E-state index in [0.717, 1.165) is 12.1 Å². The van der Waals surface area contributed by atoms with E-state index < -0.39 is 25.0 Å². The van der Waals surface area contributed by atoms with Crippen LogP contribution in [-0.2, 0) is 20.1 Å². The molecule has 98 valence electrons. The molecule has 1 aromatic heterocycles. The van der Waals surface area contributed by atoms with Crippen LogP contribution >= 0.6 is 11.5 Å². The largest absolute Gasteiger partial charge is 1.00 e. The Balaban J connectivity index is 0.00000180. The Morgan fingerprint density at radius 3 is 2.42 bits per heavy atom. The first-order valence-corrected chi connectivity index (χ1v) is 8.21. The van der Waals surface area contributed by atoms with Crippen LogP contribution < -0.4 is 34.3 Å². The van der Waals surface area contributed by atoms with Gasteiger partial charge in [0.25, 0.3) is 10.0 Å². The number of rotatable bonds is 3. The summed E-state index contributed by atoms with van der Waals surface area (Å²) in [5.41, 5.74) is 0.158. The van der Waals surface area contributed by atoms with Crippen LogP contribution in [0.3, 0.4) is 0 Å². The van der Waals surface area contributed by atoms with E-state index in [2.05, 4.69) is 9.10 Å². The second-order valence-corrected chi connectivity index (χ2v) is 7.55. The molecule has 0 saturated heterocycles. The van der Waals surface area contributed by atoms with Gasteiger partial charge in [-0.2, -0.15) is 4.37 Å². The molecule has 0 spiro atoms. The van der Waals surface area contributed by atoms with Gasteiger partial charge in [0.1, 0.15) is 10.1 Å². The number of benzene rings is 1. The number of hydrogen-bond acceptors (Lipinski definition) is 7. The Morgan fingerprint density at radius 1 is 1.26 bits per heavy atom. The van der Waals surface area contributed by atoms with Crippen molar-refractivity contribution in [1.82, 2.24) is 9.10 Å². The molecule has 0 aliphatic carbocycles. The first kappa shape index (κ1) is 17.0. The maximum absolute atomic E-state index is 11.6. The molecule has 0 bridgehead atoms. The van der Waals surface area contributed by atoms with Gasteiger partial charge in [0.15, 0.2) is 4.21 Å². The first-order valence-electron chi connectivity index (χ1n) is 4.54. The fourth-order valence-corrected chi connectivity index (χ4v) is 3.84. The summed E-state index contributed by atoms with van der Waals surface area (Å²) in [5.74, 6) is 0. The summed E-state index contributed by atoms with van der Waals surface area (Å²) in [6.07, 6.45) is 0. The van der Waals surface area contributed by atoms with Crippen LogP contribution in [0.1, 0.15) is 0 Å². The third kappa shape index (κ3) is 3.34. The zero-order valence-electron chi connectivity index (χ0n) is 9.95. The van der Waals surface area contributed by atoms with E-state index in [1.165, 1.54) is 13.1 Å². The van der Waals surface area contributed by atoms with E-state index in [9.17, 15) is 21.4 Å². The molecule has 0 unspecified atom stereocenters. The van der Waals surface area contributed by atoms with Gasteiger partial charge in [0.05, 0.1) is 10.4 Å². The maximum Gasteiger partial charge on any atom is 1.00 e. The molecule has 0 fully saturated rings. The predicted octanol–water partition coefficient (Wildman–Crippen LogP) is -2.89. The molecular weight excluding hydrogens is 323 g/mol. The van der Waals surface area contributed by atoms with Crippen LogP contribution in [0.5, 0.6) is 0 Å². The summed E-state index contributed by atoms with van der Waals surface area (Å²) >= 11 is 0.716. The van der Waals surface area contributed by atoms with E-state index in [0.29, 0.717) is 11.5 Å². The summed E-state index contributed by atoms with van der Waals surface area (Å²) in [6, 6.07) is 3.38. The molecule has 2 rings (SSSR count). The molecule has 7 nitrogen and oxygen atoms in total. The fraction of sp³-hybridized carbons (Fsp3) is 0.125. The van der Waals surface area contributed by atoms with Crippen LogP contribution in [0.25, 0.3) is 10.9 Å². The minimum absolute atomic E-state index is 0. The Morgan fingerprint density at radius 2 is 1.89 bits per heavy atom. The maximum atomic E-state index is 11.6. The van der Waals surface area contributed by atoms with Crippen molar-refractivity contribution in [3.8, 4) is 0 Å². The predicted molar refractivity (Wildman–Crippen MR) is 63.8 cm³/mol. The van der Waals surface area contributed by atoms with Gasteiger partial charge in [0.2, 0.25) is 0 Å². The molecule has 0 aliphatic heterocycles. The fourth-order valence-electron chi connectivity index (χ4n) is 1.34. The van der Waals surface area contributed by atoms with Crippen molar-refractivity contribution in [1.29, 1.82) is 0 Å². The minimum atomic E-state index is -4.58. The summed E-state index contributed by atoms with van der Waals surface area (Å²) in [5, 5.41) is 0.279. The van der Waals surface area contributed by atoms with Crippen molar-refractivity contribution in [2.24, 2.45) is 0 Å². The molecule has 0 amide bonds. The summed E-state index contributed by atoms with van der Waals surface area (Å²) in [7, 11) is -6.97. The zero-order chi connectivity index (χ0) is 13.6. The monoisotopic (exact) mass is 330 g/mol. The molecule has 1 heterocycles. The van der Waals surface area contributed by atoms with Crippen molar-refractivity contribution in [3.63, 3.8) is 0 Å². The number of hydrogen-bond donors (Lipinski definition) is 1. The Labute approximate surface area is 136 Å². The van der Waals surface area contributed by atoms with Crippen LogP contribution in [0.2, 0.25) is 0 Å². The number of fused-ring (bicyclic) bond motifs is 1. The second kappa shape index (κ2) is 5.74. The normalized spacial score (nSPS) is 12.3. The van der Waals surface area contributed by atoms with Gasteiger partial charge in [-0.15, -0.1) is 0 Å². The Kier molecular flexibility index (Phi) is 5.13. The average molecular weight is 330 g/mol. The number of sulfonamides is 1. The van der Waals surface area contributed by atoms with E-state index in [1.807, 2.05) is 0 Å². The van der Waals surface area contributed by atoms with E-state index >= 15 is 0 Å². The van der Waals surface area contributed by atoms with Crippen molar-refractivity contribution in [2.45, 2.75) is 9.10 Å². The summed E-state index contributed by atoms with van der Waals surface area (Å²) in [6.45, 7) is 0. The molecule has 0 aliphatic rings.